The van der Waals surface area contributed by atoms with Gasteiger partial charge in [0.05, 0.1) is 19.1 Å². The Hall–Kier alpha value is -1.55. The van der Waals surface area contributed by atoms with Crippen LogP contribution in [0.1, 0.15) is 37.7 Å². The molecule has 1 saturated heterocycles. The van der Waals surface area contributed by atoms with Crippen LogP contribution in [-0.4, -0.2) is 41.7 Å². The minimum atomic E-state index is -0.432. The Morgan fingerprint density at radius 1 is 1.32 bits per heavy atom. The smallest absolute Gasteiger partial charge is 0.225 e. The highest BCUT2D eigenvalue weighted by Gasteiger charge is 2.43. The number of carbonyl (C=O) groups excluding carboxylic acids is 1. The molecule has 1 amide bonds. The molecule has 0 bridgehead atoms. The molecule has 1 aromatic rings. The number of hydrogen-bond acceptors (Lipinski definition) is 3. The summed E-state index contributed by atoms with van der Waals surface area (Å²) >= 11 is 0. The number of hydrogen-bond donors (Lipinski definition) is 1. The van der Waals surface area contributed by atoms with Gasteiger partial charge in [-0.3, -0.25) is 4.79 Å². The highest BCUT2D eigenvalue weighted by molar-refractivity contribution is 5.77. The number of likely N-dealkylation sites (tertiary alicyclic amines) is 1. The molecule has 0 radical (unpaired) electrons. The highest BCUT2D eigenvalue weighted by atomic mass is 16.5. The first-order valence-corrected chi connectivity index (χ1v) is 8.36. The highest BCUT2D eigenvalue weighted by Crippen LogP contribution is 2.45. The molecule has 1 N–H and O–H groups in total. The molecule has 4 nitrogen and oxygen atoms in total. The second kappa shape index (κ2) is 5.27. The first kappa shape index (κ1) is 14.1. The molecule has 2 heterocycles. The van der Waals surface area contributed by atoms with Gasteiger partial charge >= 0.3 is 0 Å². The van der Waals surface area contributed by atoms with Crippen LogP contribution in [0.3, 0.4) is 0 Å². The lowest BCUT2D eigenvalue weighted by atomic mass is 9.74. The Morgan fingerprint density at radius 2 is 2.05 bits per heavy atom. The molecule has 2 fully saturated rings. The number of aliphatic hydroxyl groups excluding tert-OH is 1. The van der Waals surface area contributed by atoms with Gasteiger partial charge in [-0.25, -0.2) is 0 Å². The maximum Gasteiger partial charge on any atom is 0.225 e. The average Bonchev–Trinajstić information content (AvgIpc) is 3.34. The summed E-state index contributed by atoms with van der Waals surface area (Å²) in [7, 11) is 0. The fourth-order valence-electron chi connectivity index (χ4n) is 3.88. The number of fused-ring (bicyclic) bond motifs is 2. The first-order chi connectivity index (χ1) is 10.7. The largest absolute Gasteiger partial charge is 0.492 e. The summed E-state index contributed by atoms with van der Waals surface area (Å²) in [6, 6.07) is 8.28. The molecule has 0 aromatic heterocycles. The van der Waals surface area contributed by atoms with E-state index in [4.69, 9.17) is 4.74 Å². The summed E-state index contributed by atoms with van der Waals surface area (Å²) in [5, 5.41) is 9.96. The molecule has 1 spiro atoms. The van der Waals surface area contributed by atoms with E-state index in [1.54, 1.807) is 0 Å². The monoisotopic (exact) mass is 301 g/mol. The van der Waals surface area contributed by atoms with Crippen LogP contribution in [0.25, 0.3) is 0 Å². The van der Waals surface area contributed by atoms with Crippen molar-refractivity contribution in [2.45, 2.75) is 43.6 Å². The third-order valence-electron chi connectivity index (χ3n) is 5.59. The Balaban J connectivity index is 1.39. The van der Waals surface area contributed by atoms with Gasteiger partial charge in [-0.2, -0.15) is 0 Å². The zero-order chi connectivity index (χ0) is 15.2. The van der Waals surface area contributed by atoms with E-state index >= 15 is 0 Å². The molecule has 2 aliphatic heterocycles. The van der Waals surface area contributed by atoms with Crippen LogP contribution >= 0.6 is 0 Å². The van der Waals surface area contributed by atoms with Gasteiger partial charge in [0.1, 0.15) is 5.75 Å². The van der Waals surface area contributed by atoms with Crippen molar-refractivity contribution in [3.63, 3.8) is 0 Å². The number of ether oxygens (including phenoxy) is 1. The molecule has 1 aromatic carbocycles. The number of piperidine rings is 1. The van der Waals surface area contributed by atoms with Crippen LogP contribution in [0.15, 0.2) is 24.3 Å². The molecule has 4 rings (SSSR count). The molecular weight excluding hydrogens is 278 g/mol. The fraction of sp³-hybridized carbons (Fsp3) is 0.611. The van der Waals surface area contributed by atoms with Crippen molar-refractivity contribution in [1.29, 1.82) is 0 Å². The number of nitrogens with zero attached hydrogens (tertiary/aromatic N) is 1. The summed E-state index contributed by atoms with van der Waals surface area (Å²) in [4.78, 5) is 14.3. The van der Waals surface area contributed by atoms with Crippen LogP contribution in [-0.2, 0) is 10.2 Å². The van der Waals surface area contributed by atoms with Gasteiger partial charge in [0.25, 0.3) is 0 Å². The molecule has 4 heteroatoms. The van der Waals surface area contributed by atoms with E-state index in [1.165, 1.54) is 5.56 Å². The number of rotatable bonds is 3. The molecule has 1 aliphatic carbocycles. The van der Waals surface area contributed by atoms with E-state index in [0.717, 1.165) is 51.1 Å². The lowest BCUT2D eigenvalue weighted by molar-refractivity contribution is -0.135. The van der Waals surface area contributed by atoms with Crippen molar-refractivity contribution in [2.24, 2.45) is 5.92 Å². The molecule has 1 saturated carbocycles. The summed E-state index contributed by atoms with van der Waals surface area (Å²) in [6.07, 6.45) is 3.92. The molecule has 1 unspecified atom stereocenters. The Kier molecular flexibility index (Phi) is 3.37. The van der Waals surface area contributed by atoms with E-state index < -0.39 is 6.10 Å². The second-order valence-corrected chi connectivity index (χ2v) is 7.05. The maximum absolute atomic E-state index is 12.3. The number of para-hydroxylation sites is 1. The Morgan fingerprint density at radius 3 is 2.77 bits per heavy atom. The third-order valence-corrected chi connectivity index (χ3v) is 5.59. The Bertz CT molecular complexity index is 573. The normalized spacial score (nSPS) is 24.0. The van der Waals surface area contributed by atoms with Crippen molar-refractivity contribution in [1.82, 2.24) is 4.90 Å². The zero-order valence-corrected chi connectivity index (χ0v) is 12.8. The standard InChI is InChI=1S/C18H23NO3/c20-15(13-5-6-13)11-17(21)19-9-7-18(8-10-19)12-22-16-4-2-1-3-14(16)18/h1-4,13,15,20H,5-12H2. The summed E-state index contributed by atoms with van der Waals surface area (Å²) in [5.41, 5.74) is 1.39. The van der Waals surface area contributed by atoms with Crippen molar-refractivity contribution >= 4 is 5.91 Å². The minimum Gasteiger partial charge on any atom is -0.492 e. The SMILES string of the molecule is O=C(CC(O)C1CC1)N1CCC2(CC1)COc1ccccc12. The van der Waals surface area contributed by atoms with Crippen molar-refractivity contribution in [3.05, 3.63) is 29.8 Å². The quantitative estimate of drug-likeness (QED) is 0.930. The van der Waals surface area contributed by atoms with Crippen molar-refractivity contribution in [2.75, 3.05) is 19.7 Å². The van der Waals surface area contributed by atoms with Gasteiger partial charge in [0.15, 0.2) is 0 Å². The van der Waals surface area contributed by atoms with Gasteiger partial charge < -0.3 is 14.7 Å². The van der Waals surface area contributed by atoms with Crippen LogP contribution in [0.4, 0.5) is 0 Å². The van der Waals surface area contributed by atoms with Gasteiger partial charge in [-0.1, -0.05) is 18.2 Å². The van der Waals surface area contributed by atoms with Crippen molar-refractivity contribution < 1.29 is 14.6 Å². The van der Waals surface area contributed by atoms with Gasteiger partial charge in [0, 0.05) is 24.1 Å². The third kappa shape index (κ3) is 2.39. The molecule has 3 aliphatic rings. The van der Waals surface area contributed by atoms with E-state index in [1.807, 2.05) is 17.0 Å². The van der Waals surface area contributed by atoms with Crippen LogP contribution in [0.5, 0.6) is 5.75 Å². The van der Waals surface area contributed by atoms with Gasteiger partial charge in [-0.05, 0) is 37.7 Å². The van der Waals surface area contributed by atoms with Gasteiger partial charge in [-0.15, -0.1) is 0 Å². The summed E-state index contributed by atoms with van der Waals surface area (Å²) in [6.45, 7) is 2.28. The predicted octanol–water partition coefficient (Wildman–Crippen LogP) is 2.10. The molecule has 22 heavy (non-hydrogen) atoms. The minimum absolute atomic E-state index is 0.0858. The van der Waals surface area contributed by atoms with E-state index in [-0.39, 0.29) is 11.3 Å². The summed E-state index contributed by atoms with van der Waals surface area (Å²) in [5.74, 6) is 1.49. The summed E-state index contributed by atoms with van der Waals surface area (Å²) < 4.78 is 5.85. The topological polar surface area (TPSA) is 49.8 Å². The van der Waals surface area contributed by atoms with Crippen LogP contribution in [0, 0.1) is 5.92 Å². The molecular formula is C18H23NO3. The van der Waals surface area contributed by atoms with Crippen LogP contribution < -0.4 is 4.74 Å². The number of carbonyl (C=O) groups is 1. The molecule has 1 atom stereocenters. The van der Waals surface area contributed by atoms with Gasteiger partial charge in [0.2, 0.25) is 5.91 Å². The van der Waals surface area contributed by atoms with Crippen molar-refractivity contribution in [3.8, 4) is 5.75 Å². The fourth-order valence-corrected chi connectivity index (χ4v) is 3.88. The zero-order valence-electron chi connectivity index (χ0n) is 12.8. The number of amides is 1. The maximum atomic E-state index is 12.3. The average molecular weight is 301 g/mol. The first-order valence-electron chi connectivity index (χ1n) is 8.36. The Labute approximate surface area is 131 Å². The van der Waals surface area contributed by atoms with Crippen LogP contribution in [0.2, 0.25) is 0 Å². The number of benzene rings is 1. The van der Waals surface area contributed by atoms with E-state index in [0.29, 0.717) is 12.3 Å². The molecule has 118 valence electrons. The number of aliphatic hydroxyl groups is 1. The lowest BCUT2D eigenvalue weighted by Crippen LogP contribution is -2.46. The predicted molar refractivity (Wildman–Crippen MR) is 82.8 cm³/mol. The lowest BCUT2D eigenvalue weighted by Gasteiger charge is -2.38. The second-order valence-electron chi connectivity index (χ2n) is 7.05. The van der Waals surface area contributed by atoms with E-state index in [2.05, 4.69) is 12.1 Å². The van der Waals surface area contributed by atoms with E-state index in [9.17, 15) is 9.90 Å².